The summed E-state index contributed by atoms with van der Waals surface area (Å²) >= 11 is 1.96. The minimum Gasteiger partial charge on any atom is -0.308 e. The summed E-state index contributed by atoms with van der Waals surface area (Å²) in [5, 5.41) is 15.6. The van der Waals surface area contributed by atoms with E-state index in [9.17, 15) is 0 Å². The van der Waals surface area contributed by atoms with Gasteiger partial charge in [-0.3, -0.25) is 16.0 Å². The molecule has 5 heteroatoms. The van der Waals surface area contributed by atoms with Crippen LogP contribution in [0, 0.1) is 5.92 Å². The molecule has 1 saturated heterocycles. The number of aryl methyl sites for hydroxylation is 1. The number of para-hydroxylation sites is 1. The number of thiophene rings is 1. The lowest BCUT2D eigenvalue weighted by atomic mass is 9.95. The van der Waals surface area contributed by atoms with Gasteiger partial charge in [-0.1, -0.05) is 103 Å². The summed E-state index contributed by atoms with van der Waals surface area (Å²) in [5.74, 6) is 0.390. The number of benzene rings is 4. The van der Waals surface area contributed by atoms with Crippen LogP contribution in [0.3, 0.4) is 0 Å². The zero-order valence-electron chi connectivity index (χ0n) is 25.1. The molecule has 0 radical (unpaired) electrons. The largest absolute Gasteiger partial charge is 0.308 e. The Balaban J connectivity index is 1.13. The second-order valence-electron chi connectivity index (χ2n) is 12.5. The first kappa shape index (κ1) is 27.1. The van der Waals surface area contributed by atoms with Gasteiger partial charge in [0.05, 0.1) is 34.2 Å². The molecule has 1 aliphatic heterocycles. The van der Waals surface area contributed by atoms with E-state index in [2.05, 4.69) is 148 Å². The fourth-order valence-corrected chi connectivity index (χ4v) is 8.85. The number of aromatic nitrogens is 1. The predicted molar refractivity (Wildman–Crippen MR) is 190 cm³/mol. The number of nitrogens with zero attached hydrogens (tertiary/aromatic N) is 1. The molecule has 4 nitrogen and oxygen atoms in total. The molecule has 9 rings (SSSR count). The highest BCUT2D eigenvalue weighted by atomic mass is 32.1. The molecule has 6 aromatic rings. The molecule has 222 valence electrons. The van der Waals surface area contributed by atoms with E-state index in [4.69, 9.17) is 0 Å². The number of nitrogens with one attached hydrogen (secondary N) is 3. The molecular weight excluding hydrogens is 569 g/mol. The number of fused-ring (bicyclic) bond motifs is 7. The average Bonchev–Trinajstić information content (AvgIpc) is 3.54. The molecule has 2 aliphatic carbocycles. The van der Waals surface area contributed by atoms with Gasteiger partial charge in [-0.2, -0.15) is 0 Å². The first-order valence-corrected chi connectivity index (χ1v) is 17.0. The van der Waals surface area contributed by atoms with Crippen molar-refractivity contribution in [1.82, 2.24) is 20.5 Å². The van der Waals surface area contributed by atoms with Crippen LogP contribution in [0.2, 0.25) is 0 Å². The molecule has 2 aromatic heterocycles. The molecule has 45 heavy (non-hydrogen) atoms. The van der Waals surface area contributed by atoms with Crippen LogP contribution in [-0.4, -0.2) is 10.7 Å². The summed E-state index contributed by atoms with van der Waals surface area (Å²) in [6.45, 7) is 0. The van der Waals surface area contributed by atoms with Crippen LogP contribution in [0.25, 0.3) is 43.7 Å². The molecule has 3 heterocycles. The van der Waals surface area contributed by atoms with Gasteiger partial charge in [0.2, 0.25) is 0 Å². The van der Waals surface area contributed by atoms with Crippen LogP contribution in [0.4, 0.5) is 0 Å². The van der Waals surface area contributed by atoms with Crippen molar-refractivity contribution < 1.29 is 0 Å². The van der Waals surface area contributed by atoms with Gasteiger partial charge in [-0.15, -0.1) is 11.3 Å². The van der Waals surface area contributed by atoms with Gasteiger partial charge in [0.25, 0.3) is 0 Å². The van der Waals surface area contributed by atoms with E-state index in [-0.39, 0.29) is 18.5 Å². The summed E-state index contributed by atoms with van der Waals surface area (Å²) < 4.78 is 3.89. The van der Waals surface area contributed by atoms with Crippen LogP contribution >= 0.6 is 11.3 Å². The van der Waals surface area contributed by atoms with E-state index >= 15 is 0 Å². The van der Waals surface area contributed by atoms with E-state index in [0.29, 0.717) is 5.92 Å². The van der Waals surface area contributed by atoms with Gasteiger partial charge in [0, 0.05) is 27.3 Å². The molecule has 3 aliphatic rings. The number of hydrogen-bond donors (Lipinski definition) is 3. The van der Waals surface area contributed by atoms with E-state index in [0.717, 1.165) is 12.8 Å². The Morgan fingerprint density at radius 3 is 2.29 bits per heavy atom. The van der Waals surface area contributed by atoms with E-state index in [1.165, 1.54) is 72.0 Å². The summed E-state index contributed by atoms with van der Waals surface area (Å²) in [6, 6.07) is 33.5. The second kappa shape index (κ2) is 11.3. The molecule has 4 aromatic carbocycles. The Bertz CT molecular complexity index is 2120. The Morgan fingerprint density at radius 1 is 0.689 bits per heavy atom. The normalized spacial score (nSPS) is 23.1. The quantitative estimate of drug-likeness (QED) is 0.188. The molecule has 0 amide bonds. The van der Waals surface area contributed by atoms with Crippen molar-refractivity contribution in [2.24, 2.45) is 5.92 Å². The second-order valence-corrected chi connectivity index (χ2v) is 13.5. The van der Waals surface area contributed by atoms with Crippen LogP contribution in [0.5, 0.6) is 0 Å². The summed E-state index contributed by atoms with van der Waals surface area (Å²) in [7, 11) is 0. The maximum Gasteiger partial charge on any atom is 0.0862 e. The summed E-state index contributed by atoms with van der Waals surface area (Å²) in [6.07, 6.45) is 18.4. The van der Waals surface area contributed by atoms with Crippen molar-refractivity contribution in [3.8, 4) is 5.69 Å². The van der Waals surface area contributed by atoms with Gasteiger partial charge in [-0.05, 0) is 72.0 Å². The Kier molecular flexibility index (Phi) is 6.78. The Labute approximate surface area is 267 Å². The molecule has 0 bridgehead atoms. The zero-order valence-corrected chi connectivity index (χ0v) is 25.9. The lowest BCUT2D eigenvalue weighted by molar-refractivity contribution is 0.170. The zero-order chi connectivity index (χ0) is 29.7. The first-order valence-electron chi connectivity index (χ1n) is 16.2. The van der Waals surface area contributed by atoms with Crippen molar-refractivity contribution in [1.29, 1.82) is 0 Å². The van der Waals surface area contributed by atoms with Gasteiger partial charge >= 0.3 is 0 Å². The fourth-order valence-electron chi connectivity index (χ4n) is 7.53. The van der Waals surface area contributed by atoms with Crippen molar-refractivity contribution >= 4 is 49.3 Å². The lowest BCUT2D eigenvalue weighted by Crippen LogP contribution is -2.61. The summed E-state index contributed by atoms with van der Waals surface area (Å²) in [4.78, 5) is 1.43. The topological polar surface area (TPSA) is 41.0 Å². The maximum absolute atomic E-state index is 3.89. The fraction of sp³-hybridized carbons (Fsp3) is 0.200. The Morgan fingerprint density at radius 2 is 1.47 bits per heavy atom. The lowest BCUT2D eigenvalue weighted by Gasteiger charge is -2.42. The first-order chi connectivity index (χ1) is 22.3. The van der Waals surface area contributed by atoms with Gasteiger partial charge in [0.15, 0.2) is 0 Å². The molecule has 0 saturated carbocycles. The molecular formula is C40H36N4S. The maximum atomic E-state index is 3.89. The minimum absolute atomic E-state index is 0.0133. The number of allylic oxidation sites excluding steroid dienone is 4. The SMILES string of the molecule is C1=CCC(C2NC(c3ccccc3)NC(c3ccc(-n4c5ccccc5c5ccc6c7c(sc6c54)C=CCCC7)cc3)N2)C=C1. The van der Waals surface area contributed by atoms with E-state index in [1.54, 1.807) is 0 Å². The highest BCUT2D eigenvalue weighted by Gasteiger charge is 2.32. The van der Waals surface area contributed by atoms with Crippen molar-refractivity contribution in [2.45, 2.75) is 44.2 Å². The average molecular weight is 605 g/mol. The predicted octanol–water partition coefficient (Wildman–Crippen LogP) is 9.29. The highest BCUT2D eigenvalue weighted by Crippen LogP contribution is 2.43. The van der Waals surface area contributed by atoms with Crippen molar-refractivity contribution in [3.63, 3.8) is 0 Å². The van der Waals surface area contributed by atoms with Crippen LogP contribution in [-0.2, 0) is 6.42 Å². The summed E-state index contributed by atoms with van der Waals surface area (Å²) in [5.41, 5.74) is 7.78. The van der Waals surface area contributed by atoms with Crippen LogP contribution < -0.4 is 16.0 Å². The van der Waals surface area contributed by atoms with E-state index < -0.39 is 0 Å². The highest BCUT2D eigenvalue weighted by molar-refractivity contribution is 7.21. The van der Waals surface area contributed by atoms with Crippen LogP contribution in [0.15, 0.2) is 121 Å². The number of rotatable bonds is 4. The third kappa shape index (κ3) is 4.70. The molecule has 1 fully saturated rings. The standard InChI is InChI=1S/C40H36N4S/c1-4-12-26(13-5-1)38-41-39(27-14-6-2-7-15-27)43-40(42-38)28-20-22-29(23-21-28)44-34-18-11-10-16-30(34)32-24-25-33-31-17-8-3-9-19-35(31)45-37(33)36(32)44/h1-2,4-7,9-14,16,18-25,27,38-43H,3,8,15,17H2. The number of hydrogen-bond acceptors (Lipinski definition) is 4. The van der Waals surface area contributed by atoms with Gasteiger partial charge < -0.3 is 4.57 Å². The smallest absolute Gasteiger partial charge is 0.0862 e. The van der Waals surface area contributed by atoms with E-state index in [1.807, 2.05) is 11.3 Å². The van der Waals surface area contributed by atoms with Crippen LogP contribution in [0.1, 0.15) is 53.2 Å². The Hall–Kier alpha value is -4.26. The third-order valence-electron chi connectivity index (χ3n) is 9.78. The third-order valence-corrected chi connectivity index (χ3v) is 11.0. The molecule has 3 N–H and O–H groups in total. The minimum atomic E-state index is 0.0133. The van der Waals surface area contributed by atoms with Crippen molar-refractivity contribution in [3.05, 3.63) is 143 Å². The monoisotopic (exact) mass is 604 g/mol. The molecule has 4 unspecified atom stereocenters. The van der Waals surface area contributed by atoms with Gasteiger partial charge in [-0.25, -0.2) is 0 Å². The molecule has 4 atom stereocenters. The molecule has 0 spiro atoms. The van der Waals surface area contributed by atoms with Gasteiger partial charge in [0.1, 0.15) is 0 Å². The van der Waals surface area contributed by atoms with Crippen molar-refractivity contribution in [2.75, 3.05) is 0 Å².